The van der Waals surface area contributed by atoms with Crippen molar-refractivity contribution in [3.8, 4) is 5.75 Å². The van der Waals surface area contributed by atoms with E-state index in [1.54, 1.807) is 12.1 Å². The second-order valence-corrected chi connectivity index (χ2v) is 9.23. The molecule has 0 bridgehead atoms. The molecule has 0 aromatic heterocycles. The number of hydrogen-bond donors (Lipinski definition) is 0. The third kappa shape index (κ3) is 7.69. The zero-order chi connectivity index (χ0) is 24.8. The van der Waals surface area contributed by atoms with Gasteiger partial charge < -0.3 is 9.47 Å². The van der Waals surface area contributed by atoms with Crippen molar-refractivity contribution in [2.75, 3.05) is 0 Å². The van der Waals surface area contributed by atoms with E-state index in [0.717, 1.165) is 36.5 Å². The van der Waals surface area contributed by atoms with Crippen molar-refractivity contribution < 1.29 is 31.4 Å². The molecule has 2 nitrogen and oxygen atoms in total. The lowest BCUT2D eigenvalue weighted by Crippen LogP contribution is -2.21. The van der Waals surface area contributed by atoms with Crippen LogP contribution in [0.2, 0.25) is 0 Å². The van der Waals surface area contributed by atoms with Crippen molar-refractivity contribution in [1.29, 1.82) is 0 Å². The van der Waals surface area contributed by atoms with Crippen LogP contribution in [0.25, 0.3) is 0 Å². The van der Waals surface area contributed by atoms with E-state index >= 15 is 0 Å². The van der Waals surface area contributed by atoms with Crippen molar-refractivity contribution in [3.63, 3.8) is 0 Å². The first-order chi connectivity index (χ1) is 16.1. The molecular weight excluding hydrogens is 451 g/mol. The normalized spacial score (nSPS) is 20.2. The van der Waals surface area contributed by atoms with Crippen LogP contribution >= 0.6 is 0 Å². The smallest absolute Gasteiger partial charge is 0.406 e. The number of unbranched alkanes of at least 4 members (excludes halogenated alkanes) is 2. The van der Waals surface area contributed by atoms with Crippen LogP contribution < -0.4 is 4.74 Å². The van der Waals surface area contributed by atoms with Gasteiger partial charge in [-0.25, -0.2) is 0 Å². The highest BCUT2D eigenvalue weighted by Gasteiger charge is 2.36. The Morgan fingerprint density at radius 2 is 1.47 bits per heavy atom. The minimum absolute atomic E-state index is 0.242. The summed E-state index contributed by atoms with van der Waals surface area (Å²) >= 11 is 0. The molecule has 0 N–H and O–H groups in total. The van der Waals surface area contributed by atoms with Gasteiger partial charge in [-0.15, -0.1) is 13.2 Å². The van der Waals surface area contributed by atoms with E-state index in [2.05, 4.69) is 11.7 Å². The number of benzene rings is 2. The molecule has 0 saturated heterocycles. The van der Waals surface area contributed by atoms with Gasteiger partial charge in [0.1, 0.15) is 5.75 Å². The molecule has 0 amide bonds. The number of ether oxygens (including phenoxy) is 2. The van der Waals surface area contributed by atoms with Crippen molar-refractivity contribution in [2.24, 2.45) is 5.92 Å². The fourth-order valence-corrected chi connectivity index (χ4v) is 4.72. The minimum Gasteiger partial charge on any atom is -0.406 e. The molecule has 0 spiro atoms. The van der Waals surface area contributed by atoms with Gasteiger partial charge in [0.15, 0.2) is 0 Å². The van der Waals surface area contributed by atoms with Gasteiger partial charge in [0.05, 0.1) is 11.7 Å². The second-order valence-electron chi connectivity index (χ2n) is 9.23. The first kappa shape index (κ1) is 26.5. The highest BCUT2D eigenvalue weighted by atomic mass is 19.4. The van der Waals surface area contributed by atoms with Crippen LogP contribution in [0.5, 0.6) is 5.75 Å². The zero-order valence-corrected chi connectivity index (χ0v) is 19.7. The molecule has 1 unspecified atom stereocenters. The van der Waals surface area contributed by atoms with Crippen LogP contribution in [-0.4, -0.2) is 6.36 Å². The van der Waals surface area contributed by atoms with Crippen LogP contribution in [0.4, 0.5) is 22.0 Å². The standard InChI is InChI=1S/C27H33F5O2/c1-3-4-5-6-20-7-9-22(10-8-20)23-11-15-24(16-12-23)26(28,29)33-19(2)21-13-17-25(18-14-21)34-27(30,31)32/h11-20,22H,3-10H2,1-2H3. The third-order valence-electron chi connectivity index (χ3n) is 6.69. The minimum atomic E-state index is -4.81. The highest BCUT2D eigenvalue weighted by molar-refractivity contribution is 5.30. The van der Waals surface area contributed by atoms with E-state index < -0.39 is 24.3 Å². The lowest BCUT2D eigenvalue weighted by Gasteiger charge is -2.29. The first-order valence-corrected chi connectivity index (χ1v) is 12.1. The summed E-state index contributed by atoms with van der Waals surface area (Å²) in [5, 5.41) is 0. The van der Waals surface area contributed by atoms with Gasteiger partial charge in [-0.2, -0.15) is 8.78 Å². The van der Waals surface area contributed by atoms with E-state index in [1.165, 1.54) is 69.7 Å². The Kier molecular flexibility index (Phi) is 8.96. The monoisotopic (exact) mass is 484 g/mol. The molecule has 188 valence electrons. The topological polar surface area (TPSA) is 18.5 Å². The van der Waals surface area contributed by atoms with E-state index in [9.17, 15) is 22.0 Å². The summed E-state index contributed by atoms with van der Waals surface area (Å²) in [5.74, 6) is 0.776. The first-order valence-electron chi connectivity index (χ1n) is 12.1. The van der Waals surface area contributed by atoms with Crippen molar-refractivity contribution in [1.82, 2.24) is 0 Å². The van der Waals surface area contributed by atoms with Gasteiger partial charge in [0.2, 0.25) is 0 Å². The summed E-state index contributed by atoms with van der Waals surface area (Å²) in [5.41, 5.74) is 1.16. The molecule has 2 aromatic carbocycles. The van der Waals surface area contributed by atoms with Crippen LogP contribution in [0.15, 0.2) is 48.5 Å². The summed E-state index contributed by atoms with van der Waals surface area (Å²) < 4.78 is 75.2. The van der Waals surface area contributed by atoms with Crippen LogP contribution in [-0.2, 0) is 10.8 Å². The van der Waals surface area contributed by atoms with Crippen LogP contribution in [0, 0.1) is 5.92 Å². The lowest BCUT2D eigenvalue weighted by atomic mass is 9.77. The van der Waals surface area contributed by atoms with Crippen molar-refractivity contribution >= 4 is 0 Å². The van der Waals surface area contributed by atoms with Crippen molar-refractivity contribution in [2.45, 2.75) is 89.7 Å². The molecule has 1 atom stereocenters. The Hall–Kier alpha value is -2.15. The molecule has 0 heterocycles. The van der Waals surface area contributed by atoms with Crippen molar-refractivity contribution in [3.05, 3.63) is 65.2 Å². The third-order valence-corrected chi connectivity index (χ3v) is 6.69. The molecule has 34 heavy (non-hydrogen) atoms. The Labute approximate surface area is 198 Å². The maximum Gasteiger partial charge on any atom is 0.573 e. The molecule has 1 aliphatic rings. The quantitative estimate of drug-likeness (QED) is 0.247. The molecule has 3 rings (SSSR count). The number of hydrogen-bond acceptors (Lipinski definition) is 2. The summed E-state index contributed by atoms with van der Waals surface area (Å²) in [6, 6.07) is 11.1. The Morgan fingerprint density at radius 3 is 2.03 bits per heavy atom. The maximum atomic E-state index is 14.8. The fourth-order valence-electron chi connectivity index (χ4n) is 4.72. The average Bonchev–Trinajstić information content (AvgIpc) is 2.79. The van der Waals surface area contributed by atoms with E-state index in [-0.39, 0.29) is 5.56 Å². The molecule has 1 fully saturated rings. The predicted octanol–water partition coefficient (Wildman–Crippen LogP) is 9.27. The zero-order valence-electron chi connectivity index (χ0n) is 19.7. The predicted molar refractivity (Wildman–Crippen MR) is 122 cm³/mol. The van der Waals surface area contributed by atoms with Gasteiger partial charge in [0, 0.05) is 0 Å². The summed E-state index contributed by atoms with van der Waals surface area (Å²) in [7, 11) is 0. The average molecular weight is 485 g/mol. The molecule has 0 radical (unpaired) electrons. The molecule has 7 heteroatoms. The maximum absolute atomic E-state index is 14.8. The van der Waals surface area contributed by atoms with Gasteiger partial charge >= 0.3 is 12.5 Å². The van der Waals surface area contributed by atoms with Crippen LogP contribution in [0.3, 0.4) is 0 Å². The number of halogens is 5. The number of alkyl halides is 5. The number of rotatable bonds is 10. The lowest BCUT2D eigenvalue weighted by molar-refractivity contribution is -0.274. The van der Waals surface area contributed by atoms with Gasteiger partial charge in [-0.1, -0.05) is 69.0 Å². The summed E-state index contributed by atoms with van der Waals surface area (Å²) in [6.45, 7) is 3.64. The summed E-state index contributed by atoms with van der Waals surface area (Å²) in [6.07, 6.45) is 0.303. The van der Waals surface area contributed by atoms with Crippen LogP contribution in [0.1, 0.15) is 93.9 Å². The van der Waals surface area contributed by atoms with Gasteiger partial charge in [-0.3, -0.25) is 0 Å². The second kappa shape index (κ2) is 11.5. The fraction of sp³-hybridized carbons (Fsp3) is 0.556. The molecule has 0 aliphatic heterocycles. The Balaban J connectivity index is 1.55. The van der Waals surface area contributed by atoms with E-state index in [1.807, 2.05) is 0 Å². The SMILES string of the molecule is CCCCCC1CCC(c2ccc(C(F)(F)OC(C)c3ccc(OC(F)(F)F)cc3)cc2)CC1. The molecular formula is C27H33F5O2. The molecule has 1 aliphatic carbocycles. The highest BCUT2D eigenvalue weighted by Crippen LogP contribution is 2.40. The largest absolute Gasteiger partial charge is 0.573 e. The summed E-state index contributed by atoms with van der Waals surface area (Å²) in [4.78, 5) is 0. The van der Waals surface area contributed by atoms with Gasteiger partial charge in [0.25, 0.3) is 0 Å². The molecule has 1 saturated carbocycles. The Morgan fingerprint density at radius 1 is 0.853 bits per heavy atom. The Bertz CT molecular complexity index is 869. The van der Waals surface area contributed by atoms with Gasteiger partial charge in [-0.05, 0) is 67.7 Å². The van der Waals surface area contributed by atoms with E-state index in [4.69, 9.17) is 4.74 Å². The molecule has 2 aromatic rings. The van der Waals surface area contributed by atoms with E-state index in [0.29, 0.717) is 11.5 Å².